The lowest BCUT2D eigenvalue weighted by atomic mass is 10.1. The van der Waals surface area contributed by atoms with Gasteiger partial charge >= 0.3 is 0 Å². The molecule has 0 bridgehead atoms. The highest BCUT2D eigenvalue weighted by atomic mass is 19.2. The fourth-order valence-corrected chi connectivity index (χ4v) is 5.73. The van der Waals surface area contributed by atoms with Crippen molar-refractivity contribution in [3.8, 4) is 28.6 Å². The summed E-state index contributed by atoms with van der Waals surface area (Å²) in [6.45, 7) is 0. The van der Waals surface area contributed by atoms with Gasteiger partial charge in [0.25, 0.3) is 5.91 Å². The number of rotatable bonds is 5. The molecule has 0 fully saturated rings. The highest BCUT2D eigenvalue weighted by Crippen LogP contribution is 2.33. The topological polar surface area (TPSA) is 181 Å². The number of halogens is 2. The van der Waals surface area contributed by atoms with E-state index in [4.69, 9.17) is 26.5 Å². The van der Waals surface area contributed by atoms with Gasteiger partial charge in [0.1, 0.15) is 11.3 Å². The van der Waals surface area contributed by atoms with Crippen molar-refractivity contribution in [3.63, 3.8) is 0 Å². The number of anilines is 1. The maximum atomic E-state index is 12.9. The number of carbonyl (C=O) groups excluding carboxylic acids is 2. The highest BCUT2D eigenvalue weighted by Gasteiger charge is 2.22. The summed E-state index contributed by atoms with van der Waals surface area (Å²) in [5.41, 5.74) is 16.5. The molecule has 2 aromatic carbocycles. The number of fused-ring (bicyclic) bond motifs is 3. The molecule has 1 aliphatic carbocycles. The zero-order valence-electron chi connectivity index (χ0n) is 25.0. The summed E-state index contributed by atoms with van der Waals surface area (Å²) in [5.74, 6) is -3.76. The van der Waals surface area contributed by atoms with Gasteiger partial charge in [0.05, 0.1) is 22.9 Å². The van der Waals surface area contributed by atoms with Crippen molar-refractivity contribution in [2.45, 2.75) is 19.3 Å². The number of aryl methyl sites for hydroxylation is 2. The van der Waals surface area contributed by atoms with Gasteiger partial charge < -0.3 is 16.6 Å². The molecule has 1 aliphatic rings. The Bertz CT molecular complexity index is 2400. The number of hydrogen-bond donors (Lipinski definition) is 3. The van der Waals surface area contributed by atoms with Gasteiger partial charge in [-0.15, -0.1) is 0 Å². The zero-order valence-corrected chi connectivity index (χ0v) is 25.0. The number of amides is 1. The number of hydrogen-bond acceptors (Lipinski definition) is 9. The van der Waals surface area contributed by atoms with Gasteiger partial charge in [0.15, 0.2) is 40.8 Å². The second-order valence-corrected chi connectivity index (χ2v) is 11.0. The van der Waals surface area contributed by atoms with E-state index in [9.17, 15) is 18.4 Å². The molecule has 5 N–H and O–H groups in total. The van der Waals surface area contributed by atoms with Gasteiger partial charge in [-0.2, -0.15) is 14.2 Å². The summed E-state index contributed by atoms with van der Waals surface area (Å²) in [6.07, 6.45) is 8.74. The molecular formula is C34H25F2N9O3. The molecule has 7 aromatic rings. The van der Waals surface area contributed by atoms with E-state index >= 15 is 0 Å². The number of benzene rings is 2. The van der Waals surface area contributed by atoms with Crippen LogP contribution in [0.3, 0.4) is 0 Å². The molecule has 8 rings (SSSR count). The van der Waals surface area contributed by atoms with E-state index in [0.29, 0.717) is 23.5 Å². The first-order chi connectivity index (χ1) is 23.2. The third-order valence-electron chi connectivity index (χ3n) is 8.06. The molecule has 0 spiro atoms. The maximum absolute atomic E-state index is 12.9. The van der Waals surface area contributed by atoms with E-state index in [1.165, 1.54) is 17.5 Å². The molecule has 5 heterocycles. The molecule has 0 aliphatic heterocycles. The predicted molar refractivity (Wildman–Crippen MR) is 173 cm³/mol. The minimum absolute atomic E-state index is 0.0876. The van der Waals surface area contributed by atoms with Crippen LogP contribution in [0.1, 0.15) is 38.3 Å². The lowest BCUT2D eigenvalue weighted by Gasteiger charge is -2.12. The minimum Gasteiger partial charge on any atom is -0.504 e. The molecule has 48 heavy (non-hydrogen) atoms. The second-order valence-electron chi connectivity index (χ2n) is 11.0. The SMILES string of the molecule is NC(=O)c1cc(C=O)c(O)c(F)c1F.Nc1ncccc1-c1nc2ccc(-n3ncc4cccnc43)nc2n1-c1ccc2c(c1)CCC2. The number of aromatic hydroxyl groups is 1. The number of primary amides is 1. The Balaban J connectivity index is 0.000000221. The van der Waals surface area contributed by atoms with Crippen LogP contribution in [0.25, 0.3) is 45.1 Å². The number of imidazole rings is 1. The molecular weight excluding hydrogens is 620 g/mol. The van der Waals surface area contributed by atoms with Crippen molar-refractivity contribution < 1.29 is 23.5 Å². The van der Waals surface area contributed by atoms with Gasteiger partial charge in [-0.1, -0.05) is 6.07 Å². The molecule has 238 valence electrons. The van der Waals surface area contributed by atoms with Crippen LogP contribution in [0, 0.1) is 11.6 Å². The first kappa shape index (κ1) is 30.1. The van der Waals surface area contributed by atoms with Gasteiger partial charge in [0, 0.05) is 23.5 Å². The molecule has 12 nitrogen and oxygen atoms in total. The maximum Gasteiger partial charge on any atom is 0.251 e. The number of phenolic OH excluding ortho intramolecular Hbond substituents is 1. The number of nitrogens with zero attached hydrogens (tertiary/aromatic N) is 7. The van der Waals surface area contributed by atoms with E-state index in [-0.39, 0.29) is 6.29 Å². The number of nitrogens with two attached hydrogens (primary N) is 2. The fraction of sp³-hybridized carbons (Fsp3) is 0.0882. The molecule has 0 radical (unpaired) electrons. The standard InChI is InChI=1S/C26H20N8.C8H5F2NO3/c27-23-20(7-3-12-28-23)25-31-21-10-11-22(34-24-18(15-30-34)6-2-13-29-24)32-26(21)33(25)19-9-8-16-4-1-5-17(16)14-19;9-5-4(8(11)14)1-3(2-12)7(13)6(5)10/h2-3,6-15H,1,4-5H2,(H2,27,28);1-2,13H,(H2,11,14). The summed E-state index contributed by atoms with van der Waals surface area (Å²) in [6, 6.07) is 18.9. The fourth-order valence-electron chi connectivity index (χ4n) is 5.73. The zero-order chi connectivity index (χ0) is 33.5. The van der Waals surface area contributed by atoms with Crippen LogP contribution in [0.5, 0.6) is 5.75 Å². The summed E-state index contributed by atoms with van der Waals surface area (Å²) in [7, 11) is 0. The van der Waals surface area contributed by atoms with Gasteiger partial charge in [0.2, 0.25) is 5.82 Å². The molecule has 0 atom stereocenters. The van der Waals surface area contributed by atoms with Crippen molar-refractivity contribution >= 4 is 40.2 Å². The number of phenols is 1. The van der Waals surface area contributed by atoms with Gasteiger partial charge in [-0.25, -0.2) is 24.3 Å². The number of aldehydes is 1. The van der Waals surface area contributed by atoms with Crippen LogP contribution in [0.2, 0.25) is 0 Å². The van der Waals surface area contributed by atoms with Crippen LogP contribution in [0.15, 0.2) is 79.3 Å². The quantitative estimate of drug-likeness (QED) is 0.220. The van der Waals surface area contributed by atoms with E-state index < -0.39 is 34.4 Å². The Morgan fingerprint density at radius 1 is 0.917 bits per heavy atom. The Hall–Kier alpha value is -6.57. The molecule has 5 aromatic heterocycles. The number of pyridine rings is 3. The molecule has 0 saturated carbocycles. The van der Waals surface area contributed by atoms with Crippen molar-refractivity contribution in [1.29, 1.82) is 0 Å². The monoisotopic (exact) mass is 645 g/mol. The highest BCUT2D eigenvalue weighted by molar-refractivity contribution is 5.95. The first-order valence-corrected chi connectivity index (χ1v) is 14.7. The molecule has 14 heteroatoms. The van der Waals surface area contributed by atoms with Crippen LogP contribution >= 0.6 is 0 Å². The average Bonchev–Trinajstić information content (AvgIpc) is 3.84. The van der Waals surface area contributed by atoms with E-state index in [1.807, 2.05) is 36.4 Å². The van der Waals surface area contributed by atoms with Crippen LogP contribution in [-0.4, -0.2) is 51.6 Å². The van der Waals surface area contributed by atoms with Gasteiger partial charge in [-0.05, 0) is 85.0 Å². The number of aromatic nitrogens is 7. The summed E-state index contributed by atoms with van der Waals surface area (Å²) in [5, 5.41) is 14.4. The normalized spacial score (nSPS) is 12.1. The van der Waals surface area contributed by atoms with Crippen molar-refractivity contribution in [3.05, 3.63) is 113 Å². The smallest absolute Gasteiger partial charge is 0.251 e. The van der Waals surface area contributed by atoms with Crippen LogP contribution < -0.4 is 11.5 Å². The summed E-state index contributed by atoms with van der Waals surface area (Å²) >= 11 is 0. The Labute approximate surface area is 270 Å². The lowest BCUT2D eigenvalue weighted by molar-refractivity contribution is 0.0995. The first-order valence-electron chi connectivity index (χ1n) is 14.7. The number of nitrogen functional groups attached to an aromatic ring is 1. The Morgan fingerprint density at radius 3 is 2.50 bits per heavy atom. The molecule has 1 amide bonds. The summed E-state index contributed by atoms with van der Waals surface area (Å²) < 4.78 is 29.5. The number of carbonyl (C=O) groups is 2. The van der Waals surface area contributed by atoms with Crippen molar-refractivity contribution in [1.82, 2.24) is 34.3 Å². The van der Waals surface area contributed by atoms with Gasteiger partial charge in [-0.3, -0.25) is 14.2 Å². The Kier molecular flexibility index (Phi) is 7.51. The molecule has 0 saturated heterocycles. The third kappa shape index (κ3) is 5.14. The average molecular weight is 646 g/mol. The van der Waals surface area contributed by atoms with E-state index in [0.717, 1.165) is 46.3 Å². The van der Waals surface area contributed by atoms with Crippen LogP contribution in [0.4, 0.5) is 14.6 Å². The summed E-state index contributed by atoms with van der Waals surface area (Å²) in [4.78, 5) is 39.6. The third-order valence-corrected chi connectivity index (χ3v) is 8.06. The van der Waals surface area contributed by atoms with E-state index in [2.05, 4.69) is 37.8 Å². The Morgan fingerprint density at radius 2 is 1.71 bits per heavy atom. The largest absolute Gasteiger partial charge is 0.504 e. The van der Waals surface area contributed by atoms with Crippen LogP contribution in [-0.2, 0) is 12.8 Å². The molecule has 0 unspecified atom stereocenters. The van der Waals surface area contributed by atoms with Crippen molar-refractivity contribution in [2.75, 3.05) is 5.73 Å². The minimum atomic E-state index is -1.66. The second kappa shape index (κ2) is 12.0. The van der Waals surface area contributed by atoms with E-state index in [1.54, 1.807) is 23.3 Å². The predicted octanol–water partition coefficient (Wildman–Crippen LogP) is 4.87. The lowest BCUT2D eigenvalue weighted by Crippen LogP contribution is -2.15. The van der Waals surface area contributed by atoms with Crippen molar-refractivity contribution in [2.24, 2.45) is 5.73 Å².